The Labute approximate surface area is 125 Å². The van der Waals surface area contributed by atoms with Crippen LogP contribution in [-0.4, -0.2) is 19.5 Å². The molecule has 0 spiro atoms. The van der Waals surface area contributed by atoms with E-state index in [0.29, 0.717) is 0 Å². The number of aryl methyl sites for hydroxylation is 1. The molecule has 1 heterocycles. The maximum absolute atomic E-state index is 12.8. The van der Waals surface area contributed by atoms with Gasteiger partial charge >= 0.3 is 0 Å². The van der Waals surface area contributed by atoms with Crippen molar-refractivity contribution in [2.45, 2.75) is 19.4 Å². The summed E-state index contributed by atoms with van der Waals surface area (Å²) in [5.74, 6) is 0.0905. The predicted molar refractivity (Wildman–Crippen MR) is 85.5 cm³/mol. The first-order valence-electron chi connectivity index (χ1n) is 7.32. The molecular weight excluding hydrogens is 260 g/mol. The third-order valence-corrected chi connectivity index (χ3v) is 4.08. The molecule has 1 aliphatic heterocycles. The molecule has 3 rings (SSSR count). The molecule has 0 aromatic heterocycles. The van der Waals surface area contributed by atoms with Crippen LogP contribution in [0.25, 0.3) is 0 Å². The summed E-state index contributed by atoms with van der Waals surface area (Å²) in [7, 11) is 1.84. The highest BCUT2D eigenvalue weighted by Gasteiger charge is 2.28. The SMILES string of the molecule is Cc1cccc(N(C)C(=O)C2NCCc3ccccc32)c1. The van der Waals surface area contributed by atoms with E-state index in [2.05, 4.69) is 11.4 Å². The average Bonchev–Trinajstić information content (AvgIpc) is 2.53. The Hall–Kier alpha value is -2.13. The second-order valence-electron chi connectivity index (χ2n) is 5.57. The zero-order valence-electron chi connectivity index (χ0n) is 12.5. The van der Waals surface area contributed by atoms with Crippen molar-refractivity contribution in [3.8, 4) is 0 Å². The van der Waals surface area contributed by atoms with Crippen molar-refractivity contribution in [3.63, 3.8) is 0 Å². The third-order valence-electron chi connectivity index (χ3n) is 4.08. The molecular formula is C18H20N2O. The lowest BCUT2D eigenvalue weighted by Crippen LogP contribution is -2.42. The Bertz CT molecular complexity index is 666. The van der Waals surface area contributed by atoms with Crippen LogP contribution in [0, 0.1) is 6.92 Å². The molecule has 3 heteroatoms. The average molecular weight is 280 g/mol. The summed E-state index contributed by atoms with van der Waals surface area (Å²) in [5.41, 5.74) is 4.47. The van der Waals surface area contributed by atoms with Crippen molar-refractivity contribution in [2.75, 3.05) is 18.5 Å². The summed E-state index contributed by atoms with van der Waals surface area (Å²) in [6.45, 7) is 2.88. The third kappa shape index (κ3) is 2.69. The number of nitrogens with zero attached hydrogens (tertiary/aromatic N) is 1. The number of rotatable bonds is 2. The molecule has 108 valence electrons. The number of carbonyl (C=O) groups is 1. The van der Waals surface area contributed by atoms with E-state index in [9.17, 15) is 4.79 Å². The molecule has 1 atom stereocenters. The lowest BCUT2D eigenvalue weighted by molar-refractivity contribution is -0.120. The van der Waals surface area contributed by atoms with Crippen LogP contribution in [0.4, 0.5) is 5.69 Å². The summed E-state index contributed by atoms with van der Waals surface area (Å²) < 4.78 is 0. The van der Waals surface area contributed by atoms with Gasteiger partial charge in [0, 0.05) is 19.3 Å². The molecule has 2 aromatic carbocycles. The van der Waals surface area contributed by atoms with Gasteiger partial charge in [-0.3, -0.25) is 4.79 Å². The first-order valence-corrected chi connectivity index (χ1v) is 7.32. The van der Waals surface area contributed by atoms with Crippen molar-refractivity contribution in [1.29, 1.82) is 0 Å². The Kier molecular flexibility index (Phi) is 3.76. The molecule has 0 saturated heterocycles. The Balaban J connectivity index is 1.89. The summed E-state index contributed by atoms with van der Waals surface area (Å²) in [6.07, 6.45) is 0.980. The summed E-state index contributed by atoms with van der Waals surface area (Å²) >= 11 is 0. The zero-order chi connectivity index (χ0) is 14.8. The van der Waals surface area contributed by atoms with Gasteiger partial charge in [-0.2, -0.15) is 0 Å². The second kappa shape index (κ2) is 5.70. The van der Waals surface area contributed by atoms with Gasteiger partial charge in [-0.05, 0) is 42.2 Å². The lowest BCUT2D eigenvalue weighted by atomic mass is 9.93. The van der Waals surface area contributed by atoms with Crippen molar-refractivity contribution in [3.05, 3.63) is 65.2 Å². The number of fused-ring (bicyclic) bond motifs is 1. The molecule has 21 heavy (non-hydrogen) atoms. The monoisotopic (exact) mass is 280 g/mol. The Morgan fingerprint density at radius 2 is 2.00 bits per heavy atom. The van der Waals surface area contributed by atoms with Crippen LogP contribution in [0.3, 0.4) is 0 Å². The van der Waals surface area contributed by atoms with E-state index in [1.807, 2.05) is 56.4 Å². The molecule has 3 nitrogen and oxygen atoms in total. The highest BCUT2D eigenvalue weighted by atomic mass is 16.2. The predicted octanol–water partition coefficient (Wildman–Crippen LogP) is 2.84. The molecule has 1 amide bonds. The van der Waals surface area contributed by atoms with Gasteiger partial charge in [-0.15, -0.1) is 0 Å². The van der Waals surface area contributed by atoms with Crippen LogP contribution in [0.15, 0.2) is 48.5 Å². The number of carbonyl (C=O) groups excluding carboxylic acids is 1. The van der Waals surface area contributed by atoms with Crippen molar-refractivity contribution >= 4 is 11.6 Å². The van der Waals surface area contributed by atoms with E-state index >= 15 is 0 Å². The highest BCUT2D eigenvalue weighted by Crippen LogP contribution is 2.26. The molecule has 0 bridgehead atoms. The van der Waals surface area contributed by atoms with E-state index in [1.54, 1.807) is 4.90 Å². The van der Waals surface area contributed by atoms with E-state index in [-0.39, 0.29) is 11.9 Å². The number of likely N-dealkylation sites (N-methyl/N-ethyl adjacent to an activating group) is 1. The topological polar surface area (TPSA) is 32.3 Å². The molecule has 0 saturated carbocycles. The van der Waals surface area contributed by atoms with Crippen LogP contribution in [-0.2, 0) is 11.2 Å². The minimum atomic E-state index is -0.250. The largest absolute Gasteiger partial charge is 0.314 e. The molecule has 1 unspecified atom stereocenters. The van der Waals surface area contributed by atoms with E-state index < -0.39 is 0 Å². The standard InChI is InChI=1S/C18H20N2O/c1-13-6-5-8-15(12-13)20(2)18(21)17-16-9-4-3-7-14(16)10-11-19-17/h3-9,12,17,19H,10-11H2,1-2H3. The number of anilines is 1. The summed E-state index contributed by atoms with van der Waals surface area (Å²) in [4.78, 5) is 14.6. The molecule has 1 N–H and O–H groups in total. The van der Waals surface area contributed by atoms with Crippen molar-refractivity contribution < 1.29 is 4.79 Å². The normalized spacial score (nSPS) is 17.1. The molecule has 0 fully saturated rings. The fraction of sp³-hybridized carbons (Fsp3) is 0.278. The molecule has 1 aliphatic rings. The van der Waals surface area contributed by atoms with Gasteiger partial charge in [0.2, 0.25) is 5.91 Å². The van der Waals surface area contributed by atoms with Crippen LogP contribution in [0.2, 0.25) is 0 Å². The van der Waals surface area contributed by atoms with Gasteiger partial charge in [0.25, 0.3) is 0 Å². The smallest absolute Gasteiger partial charge is 0.248 e. The molecule has 0 aliphatic carbocycles. The van der Waals surface area contributed by atoms with Crippen LogP contribution in [0.5, 0.6) is 0 Å². The van der Waals surface area contributed by atoms with Crippen LogP contribution in [0.1, 0.15) is 22.7 Å². The van der Waals surface area contributed by atoms with E-state index in [4.69, 9.17) is 0 Å². The number of nitrogens with one attached hydrogen (secondary N) is 1. The van der Waals surface area contributed by atoms with E-state index in [0.717, 1.165) is 29.8 Å². The molecule has 2 aromatic rings. The molecule has 0 radical (unpaired) electrons. The van der Waals surface area contributed by atoms with Crippen molar-refractivity contribution in [2.24, 2.45) is 0 Å². The minimum Gasteiger partial charge on any atom is -0.314 e. The Morgan fingerprint density at radius 3 is 2.81 bits per heavy atom. The highest BCUT2D eigenvalue weighted by molar-refractivity contribution is 5.97. The Morgan fingerprint density at radius 1 is 1.19 bits per heavy atom. The number of benzene rings is 2. The van der Waals surface area contributed by atoms with Crippen LogP contribution >= 0.6 is 0 Å². The minimum absolute atomic E-state index is 0.0905. The van der Waals surface area contributed by atoms with Gasteiger partial charge < -0.3 is 10.2 Å². The number of hydrogen-bond donors (Lipinski definition) is 1. The van der Waals surface area contributed by atoms with Crippen molar-refractivity contribution in [1.82, 2.24) is 5.32 Å². The van der Waals surface area contributed by atoms with Crippen LogP contribution < -0.4 is 10.2 Å². The fourth-order valence-corrected chi connectivity index (χ4v) is 2.88. The van der Waals surface area contributed by atoms with Gasteiger partial charge in [0.15, 0.2) is 0 Å². The lowest BCUT2D eigenvalue weighted by Gasteiger charge is -2.29. The maximum Gasteiger partial charge on any atom is 0.248 e. The second-order valence-corrected chi connectivity index (χ2v) is 5.57. The first kappa shape index (κ1) is 13.8. The fourth-order valence-electron chi connectivity index (χ4n) is 2.88. The number of hydrogen-bond acceptors (Lipinski definition) is 2. The maximum atomic E-state index is 12.8. The van der Waals surface area contributed by atoms with Gasteiger partial charge in [0.05, 0.1) is 0 Å². The number of amides is 1. The van der Waals surface area contributed by atoms with E-state index in [1.165, 1.54) is 5.56 Å². The zero-order valence-corrected chi connectivity index (χ0v) is 12.5. The van der Waals surface area contributed by atoms with Gasteiger partial charge in [0.1, 0.15) is 6.04 Å². The summed E-state index contributed by atoms with van der Waals surface area (Å²) in [6, 6.07) is 16.0. The van der Waals surface area contributed by atoms with Gasteiger partial charge in [-0.25, -0.2) is 0 Å². The quantitative estimate of drug-likeness (QED) is 0.917. The van der Waals surface area contributed by atoms with Gasteiger partial charge in [-0.1, -0.05) is 36.4 Å². The first-order chi connectivity index (χ1) is 10.2. The summed E-state index contributed by atoms with van der Waals surface area (Å²) in [5, 5.41) is 3.35.